The number of benzene rings is 2. The van der Waals surface area contributed by atoms with Gasteiger partial charge in [0.2, 0.25) is 11.8 Å². The van der Waals surface area contributed by atoms with Gasteiger partial charge in [-0.15, -0.1) is 24.0 Å². The van der Waals surface area contributed by atoms with E-state index in [-0.39, 0.29) is 42.3 Å². The first kappa shape index (κ1) is 25.4. The number of methoxy groups -OCH3 is 1. The Balaban J connectivity index is 0.00000363. The number of carbonyl (C=O) groups is 2. The summed E-state index contributed by atoms with van der Waals surface area (Å²) in [5.74, 6) is 1.38. The molecule has 0 spiro atoms. The van der Waals surface area contributed by atoms with Crippen molar-refractivity contribution < 1.29 is 14.3 Å². The van der Waals surface area contributed by atoms with E-state index in [0.29, 0.717) is 25.5 Å². The lowest BCUT2D eigenvalue weighted by molar-refractivity contribution is -0.120. The summed E-state index contributed by atoms with van der Waals surface area (Å²) in [6, 6.07) is 15.5. The highest BCUT2D eigenvalue weighted by molar-refractivity contribution is 14.0. The maximum atomic E-state index is 12.1. The first-order chi connectivity index (χ1) is 15.1. The van der Waals surface area contributed by atoms with Crippen LogP contribution in [0.25, 0.3) is 0 Å². The van der Waals surface area contributed by atoms with Crippen LogP contribution in [0.2, 0.25) is 0 Å². The molecule has 32 heavy (non-hydrogen) atoms. The van der Waals surface area contributed by atoms with Crippen molar-refractivity contribution in [2.24, 2.45) is 4.99 Å². The first-order valence-electron chi connectivity index (χ1n) is 10.3. The summed E-state index contributed by atoms with van der Waals surface area (Å²) in [4.78, 5) is 29.9. The summed E-state index contributed by atoms with van der Waals surface area (Å²) in [5.41, 5.74) is 2.99. The second-order valence-corrected chi connectivity index (χ2v) is 7.22. The van der Waals surface area contributed by atoms with Crippen LogP contribution in [-0.2, 0) is 22.7 Å². The van der Waals surface area contributed by atoms with Crippen molar-refractivity contribution in [3.05, 3.63) is 59.7 Å². The van der Waals surface area contributed by atoms with Crippen molar-refractivity contribution in [3.8, 4) is 5.75 Å². The van der Waals surface area contributed by atoms with Crippen molar-refractivity contribution in [1.82, 2.24) is 16.0 Å². The van der Waals surface area contributed by atoms with Gasteiger partial charge in [-0.2, -0.15) is 0 Å². The Bertz CT molecular complexity index is 916. The van der Waals surface area contributed by atoms with Gasteiger partial charge in [-0.1, -0.05) is 24.3 Å². The number of anilines is 1. The zero-order chi connectivity index (χ0) is 22.1. The number of aliphatic imine (C=N–C) groups is 1. The molecule has 0 saturated carbocycles. The lowest BCUT2D eigenvalue weighted by Gasteiger charge is -2.16. The quantitative estimate of drug-likeness (QED) is 0.266. The average molecular weight is 551 g/mol. The predicted molar refractivity (Wildman–Crippen MR) is 136 cm³/mol. The zero-order valence-corrected chi connectivity index (χ0v) is 20.7. The number of amides is 2. The Morgan fingerprint density at radius 3 is 2.19 bits per heavy atom. The molecule has 1 heterocycles. The molecular formula is C23H30IN5O3. The van der Waals surface area contributed by atoms with Crippen LogP contribution in [0.3, 0.4) is 0 Å². The number of ether oxygens (including phenoxy) is 1. The zero-order valence-electron chi connectivity index (χ0n) is 18.4. The molecule has 1 saturated heterocycles. The minimum Gasteiger partial charge on any atom is -0.497 e. The van der Waals surface area contributed by atoms with Gasteiger partial charge in [0.25, 0.3) is 0 Å². The largest absolute Gasteiger partial charge is 0.497 e. The summed E-state index contributed by atoms with van der Waals surface area (Å²) < 4.78 is 5.13. The normalized spacial score (nSPS) is 13.4. The lowest BCUT2D eigenvalue weighted by Crippen LogP contribution is -2.42. The van der Waals surface area contributed by atoms with Crippen molar-refractivity contribution in [2.45, 2.75) is 25.9 Å². The van der Waals surface area contributed by atoms with Gasteiger partial charge in [-0.3, -0.25) is 14.6 Å². The van der Waals surface area contributed by atoms with Gasteiger partial charge in [0.1, 0.15) is 5.75 Å². The van der Waals surface area contributed by atoms with E-state index >= 15 is 0 Å². The molecule has 0 radical (unpaired) electrons. The number of nitrogens with zero attached hydrogens (tertiary/aromatic N) is 2. The van der Waals surface area contributed by atoms with E-state index in [0.717, 1.165) is 35.5 Å². The van der Waals surface area contributed by atoms with Crippen molar-refractivity contribution in [1.29, 1.82) is 0 Å². The van der Waals surface area contributed by atoms with Crippen LogP contribution in [0, 0.1) is 0 Å². The molecule has 0 aromatic heterocycles. The number of halogens is 1. The van der Waals surface area contributed by atoms with Crippen LogP contribution in [0.1, 0.15) is 24.0 Å². The van der Waals surface area contributed by atoms with Crippen LogP contribution in [0.5, 0.6) is 5.75 Å². The Morgan fingerprint density at radius 1 is 1.00 bits per heavy atom. The highest BCUT2D eigenvalue weighted by atomic mass is 127. The Hall–Kier alpha value is -2.82. The lowest BCUT2D eigenvalue weighted by atomic mass is 10.2. The van der Waals surface area contributed by atoms with Crippen LogP contribution < -0.4 is 25.6 Å². The standard InChI is InChI=1S/C23H29N5O3.HI/c1-24-23(27-16-21(29)25-14-18-7-11-20(31-2)12-8-18)26-15-17-5-9-19(10-6-17)28-13-3-4-22(28)30;/h5-12H,3-4,13-16H2,1-2H3,(H,25,29)(H2,24,26,27);1H. The summed E-state index contributed by atoms with van der Waals surface area (Å²) in [5, 5.41) is 9.07. The maximum absolute atomic E-state index is 12.1. The number of hydrogen-bond acceptors (Lipinski definition) is 4. The van der Waals surface area contributed by atoms with Gasteiger partial charge in [-0.25, -0.2) is 0 Å². The molecule has 8 nitrogen and oxygen atoms in total. The van der Waals surface area contributed by atoms with E-state index in [1.807, 2.05) is 53.4 Å². The molecule has 3 rings (SSSR count). The molecule has 0 bridgehead atoms. The molecule has 172 valence electrons. The third-order valence-electron chi connectivity index (χ3n) is 5.07. The number of carbonyl (C=O) groups excluding carboxylic acids is 2. The van der Waals surface area contributed by atoms with E-state index in [9.17, 15) is 9.59 Å². The maximum Gasteiger partial charge on any atom is 0.239 e. The molecule has 2 aromatic carbocycles. The third kappa shape index (κ3) is 7.40. The van der Waals surface area contributed by atoms with E-state index in [2.05, 4.69) is 20.9 Å². The van der Waals surface area contributed by atoms with E-state index in [4.69, 9.17) is 4.74 Å². The molecule has 1 aliphatic rings. The molecule has 2 amide bonds. The van der Waals surface area contributed by atoms with Gasteiger partial charge >= 0.3 is 0 Å². The molecule has 0 unspecified atom stereocenters. The van der Waals surface area contributed by atoms with E-state index in [1.165, 1.54) is 0 Å². The van der Waals surface area contributed by atoms with Gasteiger partial charge in [-0.05, 0) is 41.8 Å². The molecule has 9 heteroatoms. The van der Waals surface area contributed by atoms with Crippen LogP contribution in [-0.4, -0.2) is 45.0 Å². The summed E-state index contributed by atoms with van der Waals surface area (Å²) in [7, 11) is 3.28. The Labute approximate surface area is 205 Å². The second-order valence-electron chi connectivity index (χ2n) is 7.22. The summed E-state index contributed by atoms with van der Waals surface area (Å²) in [6.07, 6.45) is 1.54. The molecule has 3 N–H and O–H groups in total. The highest BCUT2D eigenvalue weighted by Gasteiger charge is 2.21. The molecule has 2 aromatic rings. The monoisotopic (exact) mass is 551 g/mol. The fourth-order valence-electron chi connectivity index (χ4n) is 3.29. The first-order valence-corrected chi connectivity index (χ1v) is 10.3. The minimum atomic E-state index is -0.126. The average Bonchev–Trinajstić information content (AvgIpc) is 3.24. The smallest absolute Gasteiger partial charge is 0.239 e. The van der Waals surface area contributed by atoms with Gasteiger partial charge in [0, 0.05) is 38.8 Å². The highest BCUT2D eigenvalue weighted by Crippen LogP contribution is 2.21. The van der Waals surface area contributed by atoms with Crippen molar-refractivity contribution >= 4 is 47.4 Å². The van der Waals surface area contributed by atoms with Crippen LogP contribution in [0.4, 0.5) is 5.69 Å². The van der Waals surface area contributed by atoms with Crippen molar-refractivity contribution in [3.63, 3.8) is 0 Å². The third-order valence-corrected chi connectivity index (χ3v) is 5.07. The molecule has 0 aliphatic carbocycles. The number of guanidine groups is 1. The molecule has 0 atom stereocenters. The Kier molecular flexibility index (Phi) is 10.3. The minimum absolute atomic E-state index is 0. The summed E-state index contributed by atoms with van der Waals surface area (Å²) >= 11 is 0. The van der Waals surface area contributed by atoms with Crippen molar-refractivity contribution in [2.75, 3.05) is 32.1 Å². The fraction of sp³-hybridized carbons (Fsp3) is 0.348. The predicted octanol–water partition coefficient (Wildman–Crippen LogP) is 2.42. The van der Waals surface area contributed by atoms with Gasteiger partial charge in [0.15, 0.2) is 5.96 Å². The number of hydrogen-bond donors (Lipinski definition) is 3. The SMILES string of the molecule is CN=C(NCC(=O)NCc1ccc(OC)cc1)NCc1ccc(N2CCCC2=O)cc1.I. The van der Waals surface area contributed by atoms with E-state index in [1.54, 1.807) is 14.2 Å². The second kappa shape index (κ2) is 12.9. The number of nitrogens with one attached hydrogen (secondary N) is 3. The van der Waals surface area contributed by atoms with Gasteiger partial charge < -0.3 is 25.6 Å². The fourth-order valence-corrected chi connectivity index (χ4v) is 3.29. The molecule has 1 aliphatic heterocycles. The molecular weight excluding hydrogens is 521 g/mol. The Morgan fingerprint density at radius 2 is 1.62 bits per heavy atom. The van der Waals surface area contributed by atoms with Crippen LogP contribution in [0.15, 0.2) is 53.5 Å². The molecule has 1 fully saturated rings. The van der Waals surface area contributed by atoms with E-state index < -0.39 is 0 Å². The van der Waals surface area contributed by atoms with Gasteiger partial charge in [0.05, 0.1) is 13.7 Å². The number of rotatable bonds is 8. The summed E-state index contributed by atoms with van der Waals surface area (Å²) in [6.45, 7) is 1.91. The topological polar surface area (TPSA) is 95.1 Å². The van der Waals surface area contributed by atoms with Crippen LogP contribution >= 0.6 is 24.0 Å².